The first-order valence-electron chi connectivity index (χ1n) is 10.4. The Kier molecular flexibility index (Phi) is 6.25. The predicted octanol–water partition coefficient (Wildman–Crippen LogP) is 3.45. The maximum absolute atomic E-state index is 12.8. The largest absolute Gasteiger partial charge is 0.322 e. The number of nitrogens with zero attached hydrogens (tertiary/aromatic N) is 4. The average Bonchev–Trinajstić information content (AvgIpc) is 3.30. The number of benzene rings is 2. The maximum Gasteiger partial charge on any atom is 0.269 e. The van der Waals surface area contributed by atoms with Crippen LogP contribution in [0, 0.1) is 16.0 Å². The molecule has 0 unspecified atom stereocenters. The Morgan fingerprint density at radius 1 is 1.09 bits per heavy atom. The van der Waals surface area contributed by atoms with Crippen LogP contribution in [0.2, 0.25) is 0 Å². The number of carbonyl (C=O) groups is 1. The molecule has 10 nitrogen and oxygen atoms in total. The Morgan fingerprint density at radius 2 is 1.73 bits per heavy atom. The maximum atomic E-state index is 12.8. The number of piperidine rings is 1. The number of carbonyl (C=O) groups excluding carboxylic acids is 1. The number of hydrogen-bond acceptors (Lipinski definition) is 6. The summed E-state index contributed by atoms with van der Waals surface area (Å²) in [7, 11) is -3.55. The van der Waals surface area contributed by atoms with Crippen LogP contribution in [0.1, 0.15) is 30.1 Å². The number of hydrogen-bond donors (Lipinski definition) is 1. The zero-order chi connectivity index (χ0) is 23.6. The van der Waals surface area contributed by atoms with Gasteiger partial charge in [-0.2, -0.15) is 9.40 Å². The van der Waals surface area contributed by atoms with E-state index in [0.29, 0.717) is 30.4 Å². The van der Waals surface area contributed by atoms with Crippen LogP contribution in [0.15, 0.2) is 65.8 Å². The van der Waals surface area contributed by atoms with Gasteiger partial charge in [-0.3, -0.25) is 14.9 Å². The summed E-state index contributed by atoms with van der Waals surface area (Å²) < 4.78 is 28.6. The summed E-state index contributed by atoms with van der Waals surface area (Å²) in [6, 6.07) is 11.9. The number of sulfonamides is 1. The van der Waals surface area contributed by atoms with Crippen molar-refractivity contribution in [2.24, 2.45) is 5.92 Å². The minimum atomic E-state index is -3.55. The van der Waals surface area contributed by atoms with E-state index in [4.69, 9.17) is 0 Å². The summed E-state index contributed by atoms with van der Waals surface area (Å²) in [6.45, 7) is 3.15. The van der Waals surface area contributed by atoms with E-state index < -0.39 is 20.9 Å². The first kappa shape index (κ1) is 22.6. The number of nitro benzene ring substituents is 1. The molecule has 0 bridgehead atoms. The third kappa shape index (κ3) is 4.94. The molecule has 3 aromatic rings. The lowest BCUT2D eigenvalue weighted by molar-refractivity contribution is -0.384. The molecular formula is C22H23N5O5S. The van der Waals surface area contributed by atoms with E-state index in [1.54, 1.807) is 12.1 Å². The van der Waals surface area contributed by atoms with Gasteiger partial charge < -0.3 is 5.32 Å². The van der Waals surface area contributed by atoms with Gasteiger partial charge in [0.2, 0.25) is 10.0 Å². The van der Waals surface area contributed by atoms with Crippen molar-refractivity contribution in [2.75, 3.05) is 18.4 Å². The Morgan fingerprint density at radius 3 is 2.33 bits per heavy atom. The number of anilines is 1. The molecule has 0 spiro atoms. The smallest absolute Gasteiger partial charge is 0.269 e. The highest BCUT2D eigenvalue weighted by Crippen LogP contribution is 2.24. The number of nitrogens with one attached hydrogen (secondary N) is 1. The lowest BCUT2D eigenvalue weighted by Crippen LogP contribution is -2.37. The van der Waals surface area contributed by atoms with Gasteiger partial charge in [0.05, 0.1) is 27.3 Å². The molecule has 0 aliphatic carbocycles. The van der Waals surface area contributed by atoms with E-state index in [0.717, 1.165) is 12.8 Å². The van der Waals surface area contributed by atoms with E-state index >= 15 is 0 Å². The Hall–Kier alpha value is -3.57. The molecule has 0 radical (unpaired) electrons. The molecule has 1 aliphatic rings. The van der Waals surface area contributed by atoms with Crippen LogP contribution in [0.4, 0.5) is 11.4 Å². The quantitative estimate of drug-likeness (QED) is 0.435. The van der Waals surface area contributed by atoms with Gasteiger partial charge >= 0.3 is 0 Å². The van der Waals surface area contributed by atoms with E-state index in [1.165, 1.54) is 57.8 Å². The summed E-state index contributed by atoms with van der Waals surface area (Å²) in [5, 5.41) is 17.6. The number of non-ortho nitro benzene ring substituents is 1. The Balaban J connectivity index is 1.42. The molecule has 1 fully saturated rings. The second kappa shape index (κ2) is 9.12. The molecule has 2 heterocycles. The fourth-order valence-corrected chi connectivity index (χ4v) is 5.07. The number of rotatable bonds is 6. The first-order chi connectivity index (χ1) is 15.7. The summed E-state index contributed by atoms with van der Waals surface area (Å²) in [6.07, 6.45) is 4.58. The molecule has 1 saturated heterocycles. The minimum Gasteiger partial charge on any atom is -0.322 e. The van der Waals surface area contributed by atoms with Gasteiger partial charge in [-0.15, -0.1) is 0 Å². The van der Waals surface area contributed by atoms with Crippen LogP contribution in [0.3, 0.4) is 0 Å². The van der Waals surface area contributed by atoms with Crippen LogP contribution >= 0.6 is 0 Å². The van der Waals surface area contributed by atoms with E-state index in [1.807, 2.05) is 0 Å². The van der Waals surface area contributed by atoms with Gasteiger partial charge in [-0.05, 0) is 55.2 Å². The van der Waals surface area contributed by atoms with E-state index in [2.05, 4.69) is 17.3 Å². The molecule has 2 aromatic carbocycles. The molecule has 11 heteroatoms. The molecule has 0 saturated carbocycles. The predicted molar refractivity (Wildman–Crippen MR) is 122 cm³/mol. The van der Waals surface area contributed by atoms with Crippen LogP contribution < -0.4 is 5.32 Å². The van der Waals surface area contributed by atoms with Crippen LogP contribution in [-0.4, -0.2) is 46.4 Å². The lowest BCUT2D eigenvalue weighted by Gasteiger charge is -2.29. The second-order valence-electron chi connectivity index (χ2n) is 8.01. The highest BCUT2D eigenvalue weighted by Gasteiger charge is 2.28. The Bertz CT molecular complexity index is 1260. The van der Waals surface area contributed by atoms with Crippen molar-refractivity contribution in [1.29, 1.82) is 0 Å². The zero-order valence-corrected chi connectivity index (χ0v) is 18.7. The van der Waals surface area contributed by atoms with Crippen LogP contribution in [0.25, 0.3) is 5.69 Å². The van der Waals surface area contributed by atoms with Crippen LogP contribution in [0.5, 0.6) is 0 Å². The summed E-state index contributed by atoms with van der Waals surface area (Å²) in [4.78, 5) is 23.1. The third-order valence-electron chi connectivity index (χ3n) is 5.66. The van der Waals surface area contributed by atoms with Gasteiger partial charge in [0.15, 0.2) is 0 Å². The lowest BCUT2D eigenvalue weighted by atomic mass is 10.0. The van der Waals surface area contributed by atoms with Crippen molar-refractivity contribution in [2.45, 2.75) is 24.7 Å². The van der Waals surface area contributed by atoms with Crippen molar-refractivity contribution in [3.05, 3.63) is 76.6 Å². The topological polar surface area (TPSA) is 127 Å². The highest BCUT2D eigenvalue weighted by atomic mass is 32.2. The monoisotopic (exact) mass is 469 g/mol. The zero-order valence-electron chi connectivity index (χ0n) is 17.9. The van der Waals surface area contributed by atoms with Gasteiger partial charge in [0.25, 0.3) is 11.6 Å². The molecule has 0 atom stereocenters. The molecular weight excluding hydrogens is 446 g/mol. The van der Waals surface area contributed by atoms with E-state index in [9.17, 15) is 23.3 Å². The van der Waals surface area contributed by atoms with Gasteiger partial charge in [-0.25, -0.2) is 13.1 Å². The fourth-order valence-electron chi connectivity index (χ4n) is 3.60. The highest BCUT2D eigenvalue weighted by molar-refractivity contribution is 7.89. The SMILES string of the molecule is CC1CCN(S(=O)(=O)c2ccc(NC(=O)c3cnn(-c4ccc([N+](=O)[O-])cc4)c3)cc2)CC1. The Labute approximate surface area is 191 Å². The van der Waals surface area contributed by atoms with Crippen molar-refractivity contribution in [1.82, 2.24) is 14.1 Å². The molecule has 172 valence electrons. The summed E-state index contributed by atoms with van der Waals surface area (Å²) >= 11 is 0. The second-order valence-corrected chi connectivity index (χ2v) is 9.95. The summed E-state index contributed by atoms with van der Waals surface area (Å²) in [5.41, 5.74) is 1.27. The van der Waals surface area contributed by atoms with Crippen molar-refractivity contribution in [3.8, 4) is 5.69 Å². The third-order valence-corrected chi connectivity index (χ3v) is 7.58. The first-order valence-corrected chi connectivity index (χ1v) is 11.9. The number of nitro groups is 1. The number of aromatic nitrogens is 2. The van der Waals surface area contributed by atoms with Crippen LogP contribution in [-0.2, 0) is 10.0 Å². The molecule has 33 heavy (non-hydrogen) atoms. The normalized spacial score (nSPS) is 15.3. The molecule has 1 amide bonds. The van der Waals surface area contributed by atoms with Gasteiger partial charge in [0.1, 0.15) is 0 Å². The van der Waals surface area contributed by atoms with Gasteiger partial charge in [-0.1, -0.05) is 6.92 Å². The van der Waals surface area contributed by atoms with Crippen molar-refractivity contribution in [3.63, 3.8) is 0 Å². The van der Waals surface area contributed by atoms with E-state index in [-0.39, 0.29) is 16.1 Å². The minimum absolute atomic E-state index is 0.0378. The van der Waals surface area contributed by atoms with Crippen molar-refractivity contribution < 1.29 is 18.1 Å². The molecule has 1 N–H and O–H groups in total. The summed E-state index contributed by atoms with van der Waals surface area (Å²) in [5.74, 6) is 0.114. The van der Waals surface area contributed by atoms with Crippen molar-refractivity contribution >= 4 is 27.3 Å². The molecule has 1 aliphatic heterocycles. The fraction of sp³-hybridized carbons (Fsp3) is 0.273. The van der Waals surface area contributed by atoms with Gasteiger partial charge in [0, 0.05) is 37.1 Å². The molecule has 1 aromatic heterocycles. The average molecular weight is 470 g/mol. The molecule has 4 rings (SSSR count). The standard InChI is InChI=1S/C22H23N5O5S/c1-16-10-12-25(13-11-16)33(31,32)21-8-2-18(3-9-21)24-22(28)17-14-23-26(15-17)19-4-6-20(7-5-19)27(29)30/h2-9,14-16H,10-13H2,1H3,(H,24,28). The number of amides is 1.